The van der Waals surface area contributed by atoms with E-state index in [0.29, 0.717) is 35.7 Å². The topological polar surface area (TPSA) is 125 Å². The number of imidazole rings is 1. The van der Waals surface area contributed by atoms with E-state index in [4.69, 9.17) is 4.98 Å². The first-order valence-electron chi connectivity index (χ1n) is 12.1. The zero-order valence-electron chi connectivity index (χ0n) is 20.7. The summed E-state index contributed by atoms with van der Waals surface area (Å²) in [6.07, 6.45) is 4.76. The van der Waals surface area contributed by atoms with Crippen LogP contribution in [0.3, 0.4) is 0 Å². The van der Waals surface area contributed by atoms with Gasteiger partial charge in [-0.3, -0.25) is 9.59 Å². The molecule has 0 fully saturated rings. The number of benzene rings is 2. The van der Waals surface area contributed by atoms with Crippen LogP contribution in [0.5, 0.6) is 0 Å². The second kappa shape index (κ2) is 8.44. The van der Waals surface area contributed by atoms with Crippen molar-refractivity contribution in [3.63, 3.8) is 0 Å². The number of hydrogen-bond acceptors (Lipinski definition) is 6. The molecule has 0 spiro atoms. The molecule has 5 aromatic rings. The number of carbonyl (C=O) groups excluding carboxylic acids is 1. The summed E-state index contributed by atoms with van der Waals surface area (Å²) in [6.45, 7) is 6.89. The fourth-order valence-corrected chi connectivity index (χ4v) is 5.03. The van der Waals surface area contributed by atoms with Crippen LogP contribution in [0.15, 0.2) is 66.1 Å². The lowest BCUT2D eigenvalue weighted by Gasteiger charge is -2.18. The molecule has 1 aliphatic rings. The van der Waals surface area contributed by atoms with E-state index in [1.54, 1.807) is 22.1 Å². The SMILES string of the molecule is CCN1C(=O)C(C)(C)c2cc3[nH]c(-c4c(NCc5ccccc5-n5cncn5)cc[nH]c4=O)nc3cc21. The molecule has 1 aliphatic heterocycles. The molecule has 0 saturated heterocycles. The number of carbonyl (C=O) groups is 1. The average Bonchev–Trinajstić information content (AvgIpc) is 3.60. The quantitative estimate of drug-likeness (QED) is 0.330. The molecule has 0 unspecified atom stereocenters. The van der Waals surface area contributed by atoms with E-state index in [1.807, 2.05) is 63.2 Å². The number of anilines is 2. The maximum Gasteiger partial charge on any atom is 0.261 e. The molecule has 0 radical (unpaired) electrons. The molecule has 0 saturated carbocycles. The van der Waals surface area contributed by atoms with Crippen LogP contribution in [0.25, 0.3) is 28.1 Å². The van der Waals surface area contributed by atoms with Crippen molar-refractivity contribution in [2.24, 2.45) is 0 Å². The first-order chi connectivity index (χ1) is 17.9. The highest BCUT2D eigenvalue weighted by Crippen LogP contribution is 2.43. The van der Waals surface area contributed by atoms with Gasteiger partial charge in [0.2, 0.25) is 5.91 Å². The van der Waals surface area contributed by atoms with Crippen LogP contribution in [-0.4, -0.2) is 42.2 Å². The molecule has 37 heavy (non-hydrogen) atoms. The lowest BCUT2D eigenvalue weighted by Crippen LogP contribution is -2.35. The molecule has 10 nitrogen and oxygen atoms in total. The van der Waals surface area contributed by atoms with Crippen LogP contribution in [0.4, 0.5) is 11.4 Å². The molecule has 1 amide bonds. The number of amides is 1. The molecule has 2 aromatic carbocycles. The third-order valence-corrected chi connectivity index (χ3v) is 6.98. The minimum atomic E-state index is -0.626. The van der Waals surface area contributed by atoms with E-state index in [1.165, 1.54) is 6.33 Å². The standard InChI is InChI=1S/C27H26N8O2/c1-4-34-22-12-20-19(11-17(22)27(2,3)26(34)37)32-24(33-20)23-18(9-10-29-25(23)36)30-13-16-7-5-6-8-21(16)35-15-28-14-31-35/h5-12,14-15H,4,13H2,1-3H3,(H,32,33)(H2,29,30,36). The molecule has 10 heteroatoms. The van der Waals surface area contributed by atoms with E-state index in [2.05, 4.69) is 25.4 Å². The first kappa shape index (κ1) is 22.7. The van der Waals surface area contributed by atoms with Gasteiger partial charge in [-0.25, -0.2) is 14.6 Å². The van der Waals surface area contributed by atoms with E-state index in [0.717, 1.165) is 28.0 Å². The van der Waals surface area contributed by atoms with Gasteiger partial charge in [-0.05, 0) is 56.2 Å². The number of nitrogens with one attached hydrogen (secondary N) is 3. The Labute approximate surface area is 212 Å². The summed E-state index contributed by atoms with van der Waals surface area (Å²) in [7, 11) is 0. The second-order valence-electron chi connectivity index (χ2n) is 9.56. The van der Waals surface area contributed by atoms with Crippen LogP contribution >= 0.6 is 0 Å². The number of aromatic amines is 2. The summed E-state index contributed by atoms with van der Waals surface area (Å²) in [6, 6.07) is 13.6. The second-order valence-corrected chi connectivity index (χ2v) is 9.56. The van der Waals surface area contributed by atoms with Crippen molar-refractivity contribution in [3.8, 4) is 17.1 Å². The van der Waals surface area contributed by atoms with Gasteiger partial charge in [-0.2, -0.15) is 5.10 Å². The van der Waals surface area contributed by atoms with Crippen LogP contribution < -0.4 is 15.8 Å². The molecule has 3 N–H and O–H groups in total. The Hall–Kier alpha value is -4.73. The fraction of sp³-hybridized carbons (Fsp3) is 0.222. The predicted octanol–water partition coefficient (Wildman–Crippen LogP) is 3.76. The van der Waals surface area contributed by atoms with Crippen molar-refractivity contribution < 1.29 is 4.79 Å². The number of nitrogens with zero attached hydrogens (tertiary/aromatic N) is 5. The van der Waals surface area contributed by atoms with E-state index in [9.17, 15) is 9.59 Å². The van der Waals surface area contributed by atoms with Gasteiger partial charge in [0, 0.05) is 19.3 Å². The van der Waals surface area contributed by atoms with Crippen molar-refractivity contribution in [3.05, 3.63) is 82.8 Å². The molecule has 0 bridgehead atoms. The van der Waals surface area contributed by atoms with E-state index in [-0.39, 0.29) is 11.5 Å². The monoisotopic (exact) mass is 494 g/mol. The minimum Gasteiger partial charge on any atom is -0.380 e. The summed E-state index contributed by atoms with van der Waals surface area (Å²) in [4.78, 5) is 42.6. The van der Waals surface area contributed by atoms with Gasteiger partial charge in [-0.15, -0.1) is 0 Å². The number of likely N-dealkylation sites (N-methyl/N-ethyl adjacent to an activating group) is 1. The van der Waals surface area contributed by atoms with Crippen molar-refractivity contribution in [2.75, 3.05) is 16.8 Å². The van der Waals surface area contributed by atoms with E-state index >= 15 is 0 Å². The summed E-state index contributed by atoms with van der Waals surface area (Å²) in [5, 5.41) is 7.64. The number of aromatic nitrogens is 6. The number of hydrogen-bond donors (Lipinski definition) is 3. The summed E-state index contributed by atoms with van der Waals surface area (Å²) >= 11 is 0. The Kier molecular flexibility index (Phi) is 5.18. The summed E-state index contributed by atoms with van der Waals surface area (Å²) in [5.74, 6) is 0.537. The Morgan fingerprint density at radius 1 is 1.08 bits per heavy atom. The number of fused-ring (bicyclic) bond motifs is 2. The Bertz CT molecular complexity index is 1700. The molecule has 186 valence electrons. The summed E-state index contributed by atoms with van der Waals surface area (Å²) in [5.41, 5.74) is 5.36. The van der Waals surface area contributed by atoms with Gasteiger partial charge >= 0.3 is 0 Å². The minimum absolute atomic E-state index is 0.0787. The maximum absolute atomic E-state index is 13.0. The van der Waals surface area contributed by atoms with Crippen molar-refractivity contribution in [2.45, 2.75) is 32.7 Å². The molecule has 0 aliphatic carbocycles. The third-order valence-electron chi connectivity index (χ3n) is 6.98. The lowest BCUT2D eigenvalue weighted by molar-refractivity contribution is -0.122. The van der Waals surface area contributed by atoms with Gasteiger partial charge in [0.25, 0.3) is 5.56 Å². The van der Waals surface area contributed by atoms with Crippen LogP contribution in [0.2, 0.25) is 0 Å². The molecular weight excluding hydrogens is 468 g/mol. The molecule has 6 rings (SSSR count). The average molecular weight is 495 g/mol. The largest absolute Gasteiger partial charge is 0.380 e. The fourth-order valence-electron chi connectivity index (χ4n) is 5.03. The van der Waals surface area contributed by atoms with Gasteiger partial charge in [0.15, 0.2) is 0 Å². The van der Waals surface area contributed by atoms with Crippen LogP contribution in [-0.2, 0) is 16.8 Å². The number of para-hydroxylation sites is 1. The maximum atomic E-state index is 13.0. The van der Waals surface area contributed by atoms with Crippen LogP contribution in [0, 0.1) is 0 Å². The predicted molar refractivity (Wildman–Crippen MR) is 142 cm³/mol. The van der Waals surface area contributed by atoms with E-state index < -0.39 is 5.41 Å². The molecule has 0 atom stereocenters. The van der Waals surface area contributed by atoms with Gasteiger partial charge in [0.05, 0.1) is 33.5 Å². The first-order valence-corrected chi connectivity index (χ1v) is 12.1. The molecular formula is C27H26N8O2. The highest BCUT2D eigenvalue weighted by atomic mass is 16.2. The molecule has 3 aromatic heterocycles. The van der Waals surface area contributed by atoms with Crippen LogP contribution in [0.1, 0.15) is 31.9 Å². The zero-order valence-corrected chi connectivity index (χ0v) is 20.7. The Morgan fingerprint density at radius 3 is 2.70 bits per heavy atom. The lowest BCUT2D eigenvalue weighted by atomic mass is 9.86. The Morgan fingerprint density at radius 2 is 1.92 bits per heavy atom. The third kappa shape index (κ3) is 3.60. The highest BCUT2D eigenvalue weighted by Gasteiger charge is 2.43. The smallest absolute Gasteiger partial charge is 0.261 e. The van der Waals surface area contributed by atoms with Crippen molar-refractivity contribution in [1.29, 1.82) is 0 Å². The normalized spacial score (nSPS) is 14.4. The van der Waals surface area contributed by atoms with Gasteiger partial charge in [0.1, 0.15) is 24.0 Å². The number of pyridine rings is 1. The van der Waals surface area contributed by atoms with Crippen molar-refractivity contribution in [1.82, 2.24) is 29.7 Å². The number of rotatable bonds is 6. The zero-order chi connectivity index (χ0) is 25.7. The van der Waals surface area contributed by atoms with Gasteiger partial charge < -0.3 is 20.2 Å². The highest BCUT2D eigenvalue weighted by molar-refractivity contribution is 6.09. The molecule has 4 heterocycles. The summed E-state index contributed by atoms with van der Waals surface area (Å²) < 4.78 is 1.71. The number of H-pyrrole nitrogens is 2. The van der Waals surface area contributed by atoms with Gasteiger partial charge in [-0.1, -0.05) is 18.2 Å². The Balaban J connectivity index is 1.38. The van der Waals surface area contributed by atoms with Crippen molar-refractivity contribution >= 4 is 28.3 Å².